The zero-order chi connectivity index (χ0) is 17.9. The van der Waals surface area contributed by atoms with Gasteiger partial charge in [0.05, 0.1) is 11.9 Å². The summed E-state index contributed by atoms with van der Waals surface area (Å²) in [6, 6.07) is 3.79. The van der Waals surface area contributed by atoms with E-state index >= 15 is 0 Å². The second-order valence-corrected chi connectivity index (χ2v) is 6.72. The van der Waals surface area contributed by atoms with E-state index in [2.05, 4.69) is 20.1 Å². The van der Waals surface area contributed by atoms with Crippen molar-refractivity contribution in [2.24, 2.45) is 0 Å². The minimum atomic E-state index is 0.132. The van der Waals surface area contributed by atoms with Gasteiger partial charge in [-0.1, -0.05) is 0 Å². The topological polar surface area (TPSA) is 71.6 Å². The second-order valence-electron chi connectivity index (χ2n) is 6.72. The number of amides is 1. The number of hydrogen-bond acceptors (Lipinski definition) is 5. The van der Waals surface area contributed by atoms with Gasteiger partial charge < -0.3 is 4.90 Å². The maximum atomic E-state index is 12.6. The number of rotatable bonds is 4. The van der Waals surface area contributed by atoms with Crippen LogP contribution in [-0.2, 0) is 17.9 Å². The molecule has 4 rings (SSSR count). The average Bonchev–Trinajstić information content (AvgIpc) is 3.15. The van der Waals surface area contributed by atoms with E-state index in [9.17, 15) is 4.79 Å². The summed E-state index contributed by atoms with van der Waals surface area (Å²) >= 11 is 0. The predicted octanol–water partition coefficient (Wildman–Crippen LogP) is 0.969. The highest BCUT2D eigenvalue weighted by molar-refractivity contribution is 5.75. The van der Waals surface area contributed by atoms with Crippen molar-refractivity contribution in [2.45, 2.75) is 26.4 Å². The van der Waals surface area contributed by atoms with Gasteiger partial charge in [0.25, 0.3) is 0 Å². The molecule has 0 N–H and O–H groups in total. The molecule has 0 atom stereocenters. The van der Waals surface area contributed by atoms with E-state index in [1.165, 1.54) is 0 Å². The Kier molecular flexibility index (Phi) is 4.66. The molecule has 0 aromatic carbocycles. The summed E-state index contributed by atoms with van der Waals surface area (Å²) in [6.07, 6.45) is 8.41. The van der Waals surface area contributed by atoms with Crippen LogP contribution in [0, 0.1) is 6.92 Å². The van der Waals surface area contributed by atoms with Crippen LogP contribution in [0.4, 0.5) is 0 Å². The second kappa shape index (κ2) is 7.25. The van der Waals surface area contributed by atoms with Gasteiger partial charge in [0.2, 0.25) is 5.91 Å². The van der Waals surface area contributed by atoms with Crippen LogP contribution < -0.4 is 0 Å². The molecule has 26 heavy (non-hydrogen) atoms. The van der Waals surface area contributed by atoms with Crippen LogP contribution in [0.15, 0.2) is 36.9 Å². The fourth-order valence-electron chi connectivity index (χ4n) is 3.40. The largest absolute Gasteiger partial charge is 0.340 e. The van der Waals surface area contributed by atoms with E-state index < -0.39 is 0 Å². The number of fused-ring (bicyclic) bond motifs is 1. The van der Waals surface area contributed by atoms with Gasteiger partial charge in [0.15, 0.2) is 5.65 Å². The van der Waals surface area contributed by atoms with Gasteiger partial charge >= 0.3 is 0 Å². The lowest BCUT2D eigenvalue weighted by Gasteiger charge is -2.21. The Bertz CT molecular complexity index is 900. The van der Waals surface area contributed by atoms with Crippen molar-refractivity contribution in [1.29, 1.82) is 0 Å². The number of aromatic nitrogens is 5. The minimum Gasteiger partial charge on any atom is -0.340 e. The lowest BCUT2D eigenvalue weighted by atomic mass is 10.3. The van der Waals surface area contributed by atoms with Crippen LogP contribution in [0.2, 0.25) is 0 Å². The van der Waals surface area contributed by atoms with Crippen molar-refractivity contribution in [3.8, 4) is 0 Å². The van der Waals surface area contributed by atoms with Gasteiger partial charge in [-0.05, 0) is 25.5 Å². The molecule has 0 unspecified atom stereocenters. The third-order valence-corrected chi connectivity index (χ3v) is 4.76. The van der Waals surface area contributed by atoms with Crippen LogP contribution in [0.25, 0.3) is 5.65 Å². The molecule has 1 amide bonds. The summed E-state index contributed by atoms with van der Waals surface area (Å²) in [6.45, 7) is 6.41. The molecule has 136 valence electrons. The summed E-state index contributed by atoms with van der Waals surface area (Å²) in [5.41, 5.74) is 2.96. The maximum Gasteiger partial charge on any atom is 0.244 e. The molecule has 1 aliphatic heterocycles. The van der Waals surface area contributed by atoms with Gasteiger partial charge in [-0.3, -0.25) is 14.4 Å². The number of aryl methyl sites for hydroxylation is 1. The molecular formula is C18H23N7O. The molecule has 0 spiro atoms. The van der Waals surface area contributed by atoms with Crippen LogP contribution in [0.5, 0.6) is 0 Å². The van der Waals surface area contributed by atoms with E-state index in [0.29, 0.717) is 6.54 Å². The summed E-state index contributed by atoms with van der Waals surface area (Å²) < 4.78 is 3.51. The highest BCUT2D eigenvalue weighted by atomic mass is 16.2. The van der Waals surface area contributed by atoms with Crippen LogP contribution >= 0.6 is 0 Å². The van der Waals surface area contributed by atoms with Gasteiger partial charge in [0.1, 0.15) is 6.54 Å². The molecule has 1 fully saturated rings. The van der Waals surface area contributed by atoms with Crippen LogP contribution in [0.3, 0.4) is 0 Å². The fourth-order valence-corrected chi connectivity index (χ4v) is 3.40. The molecule has 3 aromatic heterocycles. The van der Waals surface area contributed by atoms with E-state index in [0.717, 1.165) is 56.0 Å². The molecule has 8 heteroatoms. The zero-order valence-electron chi connectivity index (χ0n) is 15.0. The third-order valence-electron chi connectivity index (χ3n) is 4.76. The van der Waals surface area contributed by atoms with Gasteiger partial charge in [-0.2, -0.15) is 10.2 Å². The molecule has 0 bridgehead atoms. The van der Waals surface area contributed by atoms with Crippen molar-refractivity contribution >= 4 is 11.6 Å². The molecular weight excluding hydrogens is 330 g/mol. The predicted molar refractivity (Wildman–Crippen MR) is 96.4 cm³/mol. The van der Waals surface area contributed by atoms with Crippen molar-refractivity contribution in [1.82, 2.24) is 34.2 Å². The summed E-state index contributed by atoms with van der Waals surface area (Å²) in [7, 11) is 0. The smallest absolute Gasteiger partial charge is 0.244 e. The zero-order valence-corrected chi connectivity index (χ0v) is 15.0. The van der Waals surface area contributed by atoms with Crippen LogP contribution in [-0.4, -0.2) is 66.3 Å². The van der Waals surface area contributed by atoms with Gasteiger partial charge in [-0.25, -0.2) is 9.50 Å². The van der Waals surface area contributed by atoms with Gasteiger partial charge in [0, 0.05) is 56.9 Å². The summed E-state index contributed by atoms with van der Waals surface area (Å²) in [5.74, 6) is 0.132. The quantitative estimate of drug-likeness (QED) is 0.699. The molecule has 1 aliphatic rings. The summed E-state index contributed by atoms with van der Waals surface area (Å²) in [4.78, 5) is 21.3. The van der Waals surface area contributed by atoms with E-state index in [-0.39, 0.29) is 5.91 Å². The average molecular weight is 353 g/mol. The maximum absolute atomic E-state index is 12.6. The first-order valence-electron chi connectivity index (χ1n) is 8.96. The molecule has 3 aromatic rings. The Hall–Kier alpha value is -2.74. The van der Waals surface area contributed by atoms with Crippen molar-refractivity contribution < 1.29 is 4.79 Å². The molecule has 0 aliphatic carbocycles. The SMILES string of the molecule is Cc1ccn(CC(=O)N2CCCN(Cc3cnn4cccnc34)CC2)n1. The van der Waals surface area contributed by atoms with E-state index in [1.54, 1.807) is 15.4 Å². The molecule has 1 saturated heterocycles. The Labute approximate surface area is 152 Å². The Morgan fingerprint density at radius 3 is 2.96 bits per heavy atom. The standard InChI is InChI=1S/C18H23N7O/c1-15-4-9-24(21-15)14-17(26)23-7-3-6-22(10-11-23)13-16-12-20-25-8-2-5-19-18(16)25/h2,4-5,8-9,12H,3,6-7,10-11,13-14H2,1H3. The first-order chi connectivity index (χ1) is 12.7. The lowest BCUT2D eigenvalue weighted by Crippen LogP contribution is -2.37. The number of nitrogens with zero attached hydrogens (tertiary/aromatic N) is 7. The highest BCUT2D eigenvalue weighted by Gasteiger charge is 2.20. The molecule has 4 heterocycles. The molecule has 8 nitrogen and oxygen atoms in total. The van der Waals surface area contributed by atoms with Crippen LogP contribution in [0.1, 0.15) is 17.7 Å². The first-order valence-corrected chi connectivity index (χ1v) is 8.96. The van der Waals surface area contributed by atoms with E-state index in [4.69, 9.17) is 0 Å². The normalized spacial score (nSPS) is 16.1. The van der Waals surface area contributed by atoms with Gasteiger partial charge in [-0.15, -0.1) is 0 Å². The lowest BCUT2D eigenvalue weighted by molar-refractivity contribution is -0.131. The molecule has 0 radical (unpaired) electrons. The third kappa shape index (κ3) is 3.60. The highest BCUT2D eigenvalue weighted by Crippen LogP contribution is 2.13. The Morgan fingerprint density at radius 2 is 2.12 bits per heavy atom. The fraction of sp³-hybridized carbons (Fsp3) is 0.444. The first kappa shape index (κ1) is 16.7. The van der Waals surface area contributed by atoms with Crippen molar-refractivity contribution in [3.63, 3.8) is 0 Å². The van der Waals surface area contributed by atoms with Crippen molar-refractivity contribution in [3.05, 3.63) is 48.2 Å². The number of hydrogen-bond donors (Lipinski definition) is 0. The summed E-state index contributed by atoms with van der Waals surface area (Å²) in [5, 5.41) is 8.66. The number of carbonyl (C=O) groups is 1. The Morgan fingerprint density at radius 1 is 1.19 bits per heavy atom. The minimum absolute atomic E-state index is 0.132. The van der Waals surface area contributed by atoms with E-state index in [1.807, 2.05) is 42.5 Å². The molecule has 0 saturated carbocycles. The number of carbonyl (C=O) groups excluding carboxylic acids is 1. The monoisotopic (exact) mass is 353 g/mol. The van der Waals surface area contributed by atoms with Crippen molar-refractivity contribution in [2.75, 3.05) is 26.2 Å². The Balaban J connectivity index is 1.36.